The Labute approximate surface area is 197 Å². The van der Waals surface area contributed by atoms with Crippen molar-refractivity contribution in [1.82, 2.24) is 10.6 Å². The molecule has 8 heteroatoms. The van der Waals surface area contributed by atoms with E-state index in [-0.39, 0.29) is 30.5 Å². The monoisotopic (exact) mass is 468 g/mol. The van der Waals surface area contributed by atoms with Crippen LogP contribution in [0, 0.1) is 0 Å². The molecule has 0 saturated heterocycles. The van der Waals surface area contributed by atoms with Gasteiger partial charge in [-0.2, -0.15) is 11.8 Å². The smallest absolute Gasteiger partial charge is 0.407 e. The molecule has 0 aliphatic heterocycles. The zero-order chi connectivity index (χ0) is 23.8. The number of amides is 2. The lowest BCUT2D eigenvalue weighted by Crippen LogP contribution is -2.47. The molecule has 33 heavy (non-hydrogen) atoms. The van der Waals surface area contributed by atoms with E-state index in [0.29, 0.717) is 12.2 Å². The van der Waals surface area contributed by atoms with Crippen molar-refractivity contribution in [3.8, 4) is 11.1 Å². The number of rotatable bonds is 10. The number of thioether (sulfide) groups is 1. The van der Waals surface area contributed by atoms with E-state index in [1.54, 1.807) is 11.8 Å². The summed E-state index contributed by atoms with van der Waals surface area (Å²) in [6.07, 6.45) is 3.11. The number of carbonyl (C=O) groups excluding carboxylic acids is 2. The van der Waals surface area contributed by atoms with E-state index in [9.17, 15) is 14.4 Å². The molecule has 3 N–H and O–H groups in total. The van der Waals surface area contributed by atoms with Crippen molar-refractivity contribution in [2.45, 2.75) is 25.3 Å². The summed E-state index contributed by atoms with van der Waals surface area (Å²) < 4.78 is 5.55. The summed E-state index contributed by atoms with van der Waals surface area (Å²) in [6, 6.07) is 15.4. The number of hydrogen-bond donors (Lipinski definition) is 3. The van der Waals surface area contributed by atoms with Crippen LogP contribution in [0.4, 0.5) is 4.79 Å². The van der Waals surface area contributed by atoms with Gasteiger partial charge in [-0.3, -0.25) is 4.79 Å². The zero-order valence-electron chi connectivity index (χ0n) is 18.7. The predicted octanol–water partition coefficient (Wildman–Crippen LogP) is 3.79. The molecule has 174 valence electrons. The van der Waals surface area contributed by atoms with Crippen LogP contribution in [0.15, 0.2) is 60.2 Å². The largest absolute Gasteiger partial charge is 0.478 e. The number of hydrogen-bond acceptors (Lipinski definition) is 5. The van der Waals surface area contributed by atoms with Gasteiger partial charge in [0.15, 0.2) is 0 Å². The number of carbonyl (C=O) groups is 3. The fourth-order valence-electron chi connectivity index (χ4n) is 3.80. The minimum atomic E-state index is -1.04. The summed E-state index contributed by atoms with van der Waals surface area (Å²) in [4.78, 5) is 36.0. The van der Waals surface area contributed by atoms with E-state index in [4.69, 9.17) is 9.84 Å². The highest BCUT2D eigenvalue weighted by Crippen LogP contribution is 2.44. The molecule has 2 aromatic carbocycles. The molecule has 0 radical (unpaired) electrons. The van der Waals surface area contributed by atoms with E-state index in [1.807, 2.05) is 42.7 Å². The number of fused-ring (bicyclic) bond motifs is 3. The highest BCUT2D eigenvalue weighted by atomic mass is 32.2. The third-order valence-corrected chi connectivity index (χ3v) is 6.23. The Morgan fingerprint density at radius 2 is 1.70 bits per heavy atom. The molecule has 0 fully saturated rings. The van der Waals surface area contributed by atoms with Crippen LogP contribution in [0.5, 0.6) is 0 Å². The SMILES string of the molecule is CSCC[C@H](NC(=O)OCC1c2ccccc2-c2ccccc21)C(=O)NC/C=C(\C)C(=O)O. The van der Waals surface area contributed by atoms with Gasteiger partial charge < -0.3 is 20.5 Å². The molecule has 0 bridgehead atoms. The molecular formula is C25H28N2O5S. The summed E-state index contributed by atoms with van der Waals surface area (Å²) in [6.45, 7) is 1.69. The minimum Gasteiger partial charge on any atom is -0.478 e. The van der Waals surface area contributed by atoms with Crippen LogP contribution in [0.25, 0.3) is 11.1 Å². The molecular weight excluding hydrogens is 440 g/mol. The summed E-state index contributed by atoms with van der Waals surface area (Å²) in [5.41, 5.74) is 4.65. The molecule has 1 aliphatic carbocycles. The quantitative estimate of drug-likeness (QED) is 0.458. The number of benzene rings is 2. The van der Waals surface area contributed by atoms with Crippen LogP contribution in [-0.4, -0.2) is 54.3 Å². The van der Waals surface area contributed by atoms with Gasteiger partial charge in [-0.05, 0) is 47.6 Å². The summed E-state index contributed by atoms with van der Waals surface area (Å²) in [5, 5.41) is 14.2. The average molecular weight is 469 g/mol. The molecule has 0 saturated carbocycles. The van der Waals surface area contributed by atoms with E-state index < -0.39 is 18.1 Å². The van der Waals surface area contributed by atoms with Crippen LogP contribution in [0.3, 0.4) is 0 Å². The maximum absolute atomic E-state index is 12.6. The van der Waals surface area contributed by atoms with Crippen LogP contribution in [0.2, 0.25) is 0 Å². The first-order chi connectivity index (χ1) is 15.9. The Kier molecular flexibility index (Phi) is 8.54. The zero-order valence-corrected chi connectivity index (χ0v) is 19.5. The van der Waals surface area contributed by atoms with Gasteiger partial charge in [0, 0.05) is 18.0 Å². The van der Waals surface area contributed by atoms with Crippen molar-refractivity contribution in [2.24, 2.45) is 0 Å². The molecule has 0 aromatic heterocycles. The lowest BCUT2D eigenvalue weighted by atomic mass is 9.98. The first-order valence-electron chi connectivity index (χ1n) is 10.7. The first-order valence-corrected chi connectivity index (χ1v) is 12.1. The Hall–Kier alpha value is -3.26. The van der Waals surface area contributed by atoms with Crippen molar-refractivity contribution in [2.75, 3.05) is 25.2 Å². The fourth-order valence-corrected chi connectivity index (χ4v) is 4.27. The van der Waals surface area contributed by atoms with E-state index >= 15 is 0 Å². The van der Waals surface area contributed by atoms with Gasteiger partial charge in [-0.15, -0.1) is 0 Å². The number of aliphatic carboxylic acids is 1. The first kappa shape index (κ1) is 24.4. The molecule has 3 rings (SSSR count). The second-order valence-electron chi connectivity index (χ2n) is 7.74. The molecule has 0 unspecified atom stereocenters. The summed E-state index contributed by atoms with van der Waals surface area (Å²) in [7, 11) is 0. The number of nitrogens with one attached hydrogen (secondary N) is 2. The Balaban J connectivity index is 1.61. The minimum absolute atomic E-state index is 0.0641. The molecule has 2 amide bonds. The third-order valence-electron chi connectivity index (χ3n) is 5.58. The van der Waals surface area contributed by atoms with Crippen LogP contribution >= 0.6 is 11.8 Å². The van der Waals surface area contributed by atoms with Gasteiger partial charge in [0.25, 0.3) is 0 Å². The maximum atomic E-state index is 12.6. The molecule has 0 heterocycles. The summed E-state index contributed by atoms with van der Waals surface area (Å²) >= 11 is 1.56. The highest BCUT2D eigenvalue weighted by Gasteiger charge is 2.29. The number of carboxylic acids is 1. The highest BCUT2D eigenvalue weighted by molar-refractivity contribution is 7.98. The van der Waals surface area contributed by atoms with Gasteiger partial charge in [-0.25, -0.2) is 9.59 Å². The van der Waals surface area contributed by atoms with Crippen LogP contribution in [-0.2, 0) is 14.3 Å². The van der Waals surface area contributed by atoms with E-state index in [2.05, 4.69) is 22.8 Å². The third kappa shape index (κ3) is 6.16. The normalized spacial score (nSPS) is 13.6. The van der Waals surface area contributed by atoms with Crippen molar-refractivity contribution in [3.63, 3.8) is 0 Å². The molecule has 0 spiro atoms. The van der Waals surface area contributed by atoms with Crippen molar-refractivity contribution < 1.29 is 24.2 Å². The fraction of sp³-hybridized carbons (Fsp3) is 0.320. The topological polar surface area (TPSA) is 105 Å². The van der Waals surface area contributed by atoms with Crippen molar-refractivity contribution in [1.29, 1.82) is 0 Å². The van der Waals surface area contributed by atoms with Crippen LogP contribution < -0.4 is 10.6 Å². The van der Waals surface area contributed by atoms with Gasteiger partial charge in [-0.1, -0.05) is 54.6 Å². The number of ether oxygens (including phenoxy) is 1. The standard InChI is InChI=1S/C25H28N2O5S/c1-16(24(29)30)11-13-26-23(28)22(12-14-33-2)27-25(31)32-15-21-19-9-5-3-7-17(19)18-8-4-6-10-20(18)21/h3-11,21-22H,12-15H2,1-2H3,(H,26,28)(H,27,31)(H,29,30)/b16-11+/t22-/m0/s1. The molecule has 2 aromatic rings. The lowest BCUT2D eigenvalue weighted by Gasteiger charge is -2.19. The molecule has 1 atom stereocenters. The second-order valence-corrected chi connectivity index (χ2v) is 8.73. The van der Waals surface area contributed by atoms with Crippen molar-refractivity contribution >= 4 is 29.7 Å². The molecule has 7 nitrogen and oxygen atoms in total. The molecule has 1 aliphatic rings. The van der Waals surface area contributed by atoms with Crippen molar-refractivity contribution in [3.05, 3.63) is 71.3 Å². The number of carboxylic acid groups (broad SMARTS) is 1. The predicted molar refractivity (Wildman–Crippen MR) is 129 cm³/mol. The van der Waals surface area contributed by atoms with Gasteiger partial charge in [0.1, 0.15) is 12.6 Å². The average Bonchev–Trinajstić information content (AvgIpc) is 3.13. The second kappa shape index (κ2) is 11.6. The van der Waals surface area contributed by atoms with Gasteiger partial charge in [0.2, 0.25) is 5.91 Å². The Morgan fingerprint density at radius 1 is 1.09 bits per heavy atom. The Morgan fingerprint density at radius 3 is 2.27 bits per heavy atom. The Bertz CT molecular complexity index is 1010. The summed E-state index contributed by atoms with van der Waals surface area (Å²) in [5.74, 6) is -0.816. The van der Waals surface area contributed by atoms with Gasteiger partial charge in [0.05, 0.1) is 0 Å². The maximum Gasteiger partial charge on any atom is 0.407 e. The van der Waals surface area contributed by atoms with E-state index in [0.717, 1.165) is 22.3 Å². The number of alkyl carbamates (subject to hydrolysis) is 1. The van der Waals surface area contributed by atoms with E-state index in [1.165, 1.54) is 13.0 Å². The lowest BCUT2D eigenvalue weighted by molar-refractivity contribution is -0.132. The van der Waals surface area contributed by atoms with Gasteiger partial charge >= 0.3 is 12.1 Å². The van der Waals surface area contributed by atoms with Crippen LogP contribution in [0.1, 0.15) is 30.4 Å².